The van der Waals surface area contributed by atoms with E-state index in [0.29, 0.717) is 0 Å². The standard InChI is InChI=1S/C23H26NOP/c1-23(2,3)24-22(18-12-6-4-7-13-18)20-16-10-11-17-21(20)26(24,25)19-14-8-5-9-15-19/h4-17,20-22H,1-3H3/t20-,21+,22+,26+/m0/s1. The van der Waals surface area contributed by atoms with Gasteiger partial charge in [0.05, 0.1) is 5.66 Å². The second kappa shape index (κ2) is 6.37. The second-order valence-corrected chi connectivity index (χ2v) is 11.0. The molecule has 1 aliphatic carbocycles. The Hall–Kier alpha value is -1.89. The number of allylic oxidation sites excluding steroid dienone is 3. The van der Waals surface area contributed by atoms with Gasteiger partial charge >= 0.3 is 0 Å². The molecule has 1 heterocycles. The quantitative estimate of drug-likeness (QED) is 0.652. The molecule has 0 aromatic heterocycles. The summed E-state index contributed by atoms with van der Waals surface area (Å²) in [4.78, 5) is 0. The van der Waals surface area contributed by atoms with Crippen molar-refractivity contribution < 1.29 is 4.57 Å². The van der Waals surface area contributed by atoms with Crippen LogP contribution in [-0.4, -0.2) is 15.9 Å². The lowest BCUT2D eigenvalue weighted by molar-refractivity contribution is 0.187. The van der Waals surface area contributed by atoms with Gasteiger partial charge in [0.1, 0.15) is 0 Å². The Balaban J connectivity index is 1.97. The van der Waals surface area contributed by atoms with Crippen LogP contribution in [0.15, 0.2) is 85.0 Å². The smallest absolute Gasteiger partial charge is 0.187 e. The first-order valence-electron chi connectivity index (χ1n) is 9.29. The molecule has 134 valence electrons. The van der Waals surface area contributed by atoms with Gasteiger partial charge in [-0.1, -0.05) is 85.0 Å². The number of hydrogen-bond donors (Lipinski definition) is 0. The maximum Gasteiger partial charge on any atom is 0.187 e. The van der Waals surface area contributed by atoms with E-state index >= 15 is 0 Å². The predicted molar refractivity (Wildman–Crippen MR) is 110 cm³/mol. The molecule has 1 saturated heterocycles. The predicted octanol–water partition coefficient (Wildman–Crippen LogP) is 5.56. The van der Waals surface area contributed by atoms with Crippen LogP contribution in [0.2, 0.25) is 0 Å². The second-order valence-electron chi connectivity index (χ2n) is 8.17. The Morgan fingerprint density at radius 2 is 1.42 bits per heavy atom. The summed E-state index contributed by atoms with van der Waals surface area (Å²) in [5.41, 5.74) is 1.04. The summed E-state index contributed by atoms with van der Waals surface area (Å²) in [6.07, 6.45) is 8.59. The average Bonchev–Trinajstić information content (AvgIpc) is 2.94. The van der Waals surface area contributed by atoms with Crippen LogP contribution in [0.25, 0.3) is 0 Å². The zero-order valence-electron chi connectivity index (χ0n) is 15.6. The topological polar surface area (TPSA) is 20.3 Å². The fourth-order valence-electron chi connectivity index (χ4n) is 4.56. The molecule has 0 spiro atoms. The van der Waals surface area contributed by atoms with Crippen molar-refractivity contribution in [2.45, 2.75) is 38.0 Å². The zero-order chi connectivity index (χ0) is 18.4. The summed E-state index contributed by atoms with van der Waals surface area (Å²) in [6, 6.07) is 20.7. The normalized spacial score (nSPS) is 31.1. The first-order chi connectivity index (χ1) is 12.4. The molecule has 26 heavy (non-hydrogen) atoms. The highest BCUT2D eigenvalue weighted by molar-refractivity contribution is 7.70. The van der Waals surface area contributed by atoms with E-state index in [1.807, 2.05) is 36.4 Å². The number of hydrogen-bond acceptors (Lipinski definition) is 1. The molecule has 2 aromatic carbocycles. The fraction of sp³-hybridized carbons (Fsp3) is 0.304. The third-order valence-corrected chi connectivity index (χ3v) is 9.31. The van der Waals surface area contributed by atoms with E-state index in [0.717, 1.165) is 5.30 Å². The SMILES string of the molecule is CC(C)(C)N1[C@H](c2ccccc2)[C@H]2C=CC=C[C@H]2[P@]1(=O)c1ccccc1. The molecule has 1 aliphatic heterocycles. The number of nitrogens with zero attached hydrogens (tertiary/aromatic N) is 1. The van der Waals surface area contributed by atoms with E-state index < -0.39 is 7.29 Å². The monoisotopic (exact) mass is 363 g/mol. The van der Waals surface area contributed by atoms with Crippen LogP contribution >= 0.6 is 7.29 Å². The van der Waals surface area contributed by atoms with E-state index in [-0.39, 0.29) is 23.2 Å². The van der Waals surface area contributed by atoms with E-state index in [1.165, 1.54) is 5.56 Å². The van der Waals surface area contributed by atoms with Crippen molar-refractivity contribution in [2.75, 3.05) is 0 Å². The summed E-state index contributed by atoms with van der Waals surface area (Å²) in [5, 5.41) is 0.961. The number of benzene rings is 2. The largest absolute Gasteiger partial charge is 0.301 e. The van der Waals surface area contributed by atoms with Gasteiger partial charge in [-0.2, -0.15) is 0 Å². The summed E-state index contributed by atoms with van der Waals surface area (Å²) in [5.74, 6) is 0.215. The molecular formula is C23H26NOP. The third-order valence-electron chi connectivity index (χ3n) is 5.45. The van der Waals surface area contributed by atoms with Crippen LogP contribution in [0.5, 0.6) is 0 Å². The lowest BCUT2D eigenvalue weighted by Crippen LogP contribution is -2.41. The van der Waals surface area contributed by atoms with Crippen molar-refractivity contribution >= 4 is 12.6 Å². The number of fused-ring (bicyclic) bond motifs is 1. The third kappa shape index (κ3) is 2.64. The van der Waals surface area contributed by atoms with Gasteiger partial charge in [0.25, 0.3) is 0 Å². The summed E-state index contributed by atoms with van der Waals surface area (Å²) >= 11 is 0. The minimum Gasteiger partial charge on any atom is -0.301 e. The van der Waals surface area contributed by atoms with Gasteiger partial charge in [-0.05, 0) is 26.3 Å². The van der Waals surface area contributed by atoms with Gasteiger partial charge in [-0.3, -0.25) is 0 Å². The molecule has 0 bridgehead atoms. The van der Waals surface area contributed by atoms with Crippen LogP contribution in [-0.2, 0) is 4.57 Å². The van der Waals surface area contributed by atoms with Gasteiger partial charge in [-0.25, -0.2) is 4.67 Å². The minimum absolute atomic E-state index is 0.0133. The molecule has 3 heteroatoms. The molecule has 1 fully saturated rings. The fourth-order valence-corrected chi connectivity index (χ4v) is 8.65. The summed E-state index contributed by atoms with van der Waals surface area (Å²) in [6.45, 7) is 6.55. The van der Waals surface area contributed by atoms with Crippen molar-refractivity contribution in [3.05, 3.63) is 90.5 Å². The van der Waals surface area contributed by atoms with Gasteiger partial charge in [0.2, 0.25) is 0 Å². The molecule has 0 radical (unpaired) electrons. The van der Waals surface area contributed by atoms with Crippen LogP contribution in [0.3, 0.4) is 0 Å². The molecule has 2 nitrogen and oxygen atoms in total. The van der Waals surface area contributed by atoms with Crippen molar-refractivity contribution in [1.29, 1.82) is 0 Å². The molecule has 0 saturated carbocycles. The first kappa shape index (κ1) is 17.5. The van der Waals surface area contributed by atoms with Crippen molar-refractivity contribution in [3.63, 3.8) is 0 Å². The Labute approximate surface area is 156 Å². The van der Waals surface area contributed by atoms with Gasteiger partial charge in [0.15, 0.2) is 7.29 Å². The molecule has 0 unspecified atom stereocenters. The minimum atomic E-state index is -2.81. The van der Waals surface area contributed by atoms with Crippen molar-refractivity contribution in [2.24, 2.45) is 5.92 Å². The van der Waals surface area contributed by atoms with E-state index in [9.17, 15) is 4.57 Å². The summed E-state index contributed by atoms with van der Waals surface area (Å²) < 4.78 is 17.1. The number of rotatable bonds is 2. The molecule has 0 N–H and O–H groups in total. The highest BCUT2D eigenvalue weighted by atomic mass is 31.2. The van der Waals surface area contributed by atoms with Crippen molar-refractivity contribution in [1.82, 2.24) is 4.67 Å². The first-order valence-corrected chi connectivity index (χ1v) is 11.0. The highest BCUT2D eigenvalue weighted by Crippen LogP contribution is 2.70. The Morgan fingerprint density at radius 1 is 0.846 bits per heavy atom. The zero-order valence-corrected chi connectivity index (χ0v) is 16.5. The van der Waals surface area contributed by atoms with Crippen LogP contribution in [0.4, 0.5) is 0 Å². The Bertz CT molecular complexity index is 879. The lowest BCUT2D eigenvalue weighted by atomic mass is 9.86. The Kier molecular flexibility index (Phi) is 4.29. The van der Waals surface area contributed by atoms with Crippen LogP contribution in [0.1, 0.15) is 32.4 Å². The molecule has 0 amide bonds. The summed E-state index contributed by atoms with van der Waals surface area (Å²) in [7, 11) is -2.81. The van der Waals surface area contributed by atoms with Crippen LogP contribution < -0.4 is 5.30 Å². The van der Waals surface area contributed by atoms with E-state index in [1.54, 1.807) is 0 Å². The van der Waals surface area contributed by atoms with Gasteiger partial charge in [-0.15, -0.1) is 0 Å². The van der Waals surface area contributed by atoms with Gasteiger partial charge < -0.3 is 4.57 Å². The molecule has 2 aromatic rings. The molecule has 4 atom stereocenters. The lowest BCUT2D eigenvalue weighted by Gasteiger charge is -2.42. The average molecular weight is 363 g/mol. The van der Waals surface area contributed by atoms with E-state index in [4.69, 9.17) is 0 Å². The molecule has 2 aliphatic rings. The van der Waals surface area contributed by atoms with Crippen molar-refractivity contribution in [3.8, 4) is 0 Å². The molecule has 4 rings (SSSR count). The highest BCUT2D eigenvalue weighted by Gasteiger charge is 2.59. The van der Waals surface area contributed by atoms with Gasteiger partial charge in [0, 0.05) is 22.8 Å². The maximum absolute atomic E-state index is 14.8. The van der Waals surface area contributed by atoms with Crippen LogP contribution in [0, 0.1) is 5.92 Å². The maximum atomic E-state index is 14.8. The van der Waals surface area contributed by atoms with E-state index in [2.05, 4.69) is 74.0 Å². The Morgan fingerprint density at radius 3 is 2.04 bits per heavy atom. The molecular weight excluding hydrogens is 337 g/mol.